The number of nitrogens with one attached hydrogen (secondary N) is 1. The monoisotopic (exact) mass is 336 g/mol. The van der Waals surface area contributed by atoms with Crippen LogP contribution in [0.25, 0.3) is 0 Å². The molecule has 0 bridgehead atoms. The third-order valence-electron chi connectivity index (χ3n) is 2.81. The standard InChI is InChI=1S/C15H17BrN2O2/c1-10-6-15(11(8-17-2)9-18-10)20-14-5-4-12(19-3)7-13(14)16/h4-7,9,17H,8H2,1-3H3. The van der Waals surface area contributed by atoms with Crippen LogP contribution in [0.1, 0.15) is 11.3 Å². The summed E-state index contributed by atoms with van der Waals surface area (Å²) in [6.07, 6.45) is 1.83. The van der Waals surface area contributed by atoms with Crippen molar-refractivity contribution in [1.29, 1.82) is 0 Å². The summed E-state index contributed by atoms with van der Waals surface area (Å²) in [6.45, 7) is 2.65. The highest BCUT2D eigenvalue weighted by molar-refractivity contribution is 9.10. The smallest absolute Gasteiger partial charge is 0.141 e. The van der Waals surface area contributed by atoms with E-state index in [1.807, 2.05) is 44.4 Å². The fraction of sp³-hybridized carbons (Fsp3) is 0.267. The predicted octanol–water partition coefficient (Wildman–Crippen LogP) is 3.67. The van der Waals surface area contributed by atoms with Crippen molar-refractivity contribution < 1.29 is 9.47 Å². The van der Waals surface area contributed by atoms with Gasteiger partial charge in [0.1, 0.15) is 17.2 Å². The highest BCUT2D eigenvalue weighted by atomic mass is 79.9. The van der Waals surface area contributed by atoms with E-state index in [2.05, 4.69) is 26.2 Å². The summed E-state index contributed by atoms with van der Waals surface area (Å²) < 4.78 is 12.0. The molecule has 0 amide bonds. The molecular weight excluding hydrogens is 320 g/mol. The lowest BCUT2D eigenvalue weighted by Gasteiger charge is -2.13. The molecule has 1 aromatic carbocycles. The molecule has 1 N–H and O–H groups in total. The van der Waals surface area contributed by atoms with Crippen molar-refractivity contribution in [1.82, 2.24) is 10.3 Å². The largest absolute Gasteiger partial charge is 0.497 e. The van der Waals surface area contributed by atoms with E-state index in [1.165, 1.54) is 0 Å². The number of nitrogens with zero attached hydrogens (tertiary/aromatic N) is 1. The Kier molecular flexibility index (Phi) is 4.98. The molecule has 0 saturated heterocycles. The van der Waals surface area contributed by atoms with E-state index in [4.69, 9.17) is 9.47 Å². The minimum atomic E-state index is 0.705. The molecule has 0 saturated carbocycles. The van der Waals surface area contributed by atoms with E-state index >= 15 is 0 Å². The Labute approximate surface area is 127 Å². The summed E-state index contributed by atoms with van der Waals surface area (Å²) in [5, 5.41) is 3.11. The van der Waals surface area contributed by atoms with Crippen molar-refractivity contribution in [2.45, 2.75) is 13.5 Å². The van der Waals surface area contributed by atoms with Gasteiger partial charge in [0.25, 0.3) is 0 Å². The molecule has 0 atom stereocenters. The van der Waals surface area contributed by atoms with Gasteiger partial charge >= 0.3 is 0 Å². The highest BCUT2D eigenvalue weighted by Gasteiger charge is 2.09. The fourth-order valence-corrected chi connectivity index (χ4v) is 2.23. The molecule has 20 heavy (non-hydrogen) atoms. The first-order valence-corrected chi connectivity index (χ1v) is 7.05. The Bertz CT molecular complexity index is 602. The number of aryl methyl sites for hydroxylation is 1. The molecule has 1 aromatic heterocycles. The van der Waals surface area contributed by atoms with Crippen molar-refractivity contribution >= 4 is 15.9 Å². The summed E-state index contributed by atoms with van der Waals surface area (Å²) in [5.41, 5.74) is 1.94. The molecule has 0 unspecified atom stereocenters. The van der Waals surface area contributed by atoms with Gasteiger partial charge in [-0.2, -0.15) is 0 Å². The molecule has 2 rings (SSSR count). The summed E-state index contributed by atoms with van der Waals surface area (Å²) in [4.78, 5) is 4.30. The van der Waals surface area contributed by atoms with Crippen molar-refractivity contribution in [3.8, 4) is 17.2 Å². The summed E-state index contributed by atoms with van der Waals surface area (Å²) in [6, 6.07) is 7.55. The zero-order valence-electron chi connectivity index (χ0n) is 11.7. The van der Waals surface area contributed by atoms with Gasteiger partial charge in [-0.25, -0.2) is 0 Å². The summed E-state index contributed by atoms with van der Waals surface area (Å²) in [7, 11) is 3.53. The average molecular weight is 337 g/mol. The van der Waals surface area contributed by atoms with E-state index in [0.717, 1.165) is 33.0 Å². The number of aromatic nitrogens is 1. The van der Waals surface area contributed by atoms with Crippen LogP contribution in [0.2, 0.25) is 0 Å². The average Bonchev–Trinajstić information content (AvgIpc) is 2.44. The lowest BCUT2D eigenvalue weighted by atomic mass is 10.2. The molecule has 106 valence electrons. The maximum Gasteiger partial charge on any atom is 0.141 e. The Morgan fingerprint density at radius 1 is 1.25 bits per heavy atom. The number of methoxy groups -OCH3 is 1. The minimum Gasteiger partial charge on any atom is -0.497 e. The van der Waals surface area contributed by atoms with Gasteiger partial charge in [0.15, 0.2) is 0 Å². The van der Waals surface area contributed by atoms with Crippen LogP contribution in [-0.2, 0) is 6.54 Å². The summed E-state index contributed by atoms with van der Waals surface area (Å²) in [5.74, 6) is 2.33. The molecule has 0 aliphatic carbocycles. The number of ether oxygens (including phenoxy) is 2. The number of hydrogen-bond donors (Lipinski definition) is 1. The van der Waals surface area contributed by atoms with E-state index < -0.39 is 0 Å². The second kappa shape index (κ2) is 6.72. The topological polar surface area (TPSA) is 43.4 Å². The van der Waals surface area contributed by atoms with Crippen molar-refractivity contribution in [3.63, 3.8) is 0 Å². The summed E-state index contributed by atoms with van der Waals surface area (Å²) >= 11 is 3.49. The van der Waals surface area contributed by atoms with E-state index in [-0.39, 0.29) is 0 Å². The van der Waals surface area contributed by atoms with E-state index in [0.29, 0.717) is 6.54 Å². The van der Waals surface area contributed by atoms with Gasteiger partial charge < -0.3 is 14.8 Å². The van der Waals surface area contributed by atoms with Gasteiger partial charge in [-0.3, -0.25) is 4.98 Å². The van der Waals surface area contributed by atoms with Gasteiger partial charge in [0.2, 0.25) is 0 Å². The maximum atomic E-state index is 5.99. The third-order valence-corrected chi connectivity index (χ3v) is 3.43. The SMILES string of the molecule is CNCc1cnc(C)cc1Oc1ccc(OC)cc1Br. The first kappa shape index (κ1) is 14.8. The normalized spacial score (nSPS) is 10.4. The van der Waals surface area contributed by atoms with Gasteiger partial charge in [-0.15, -0.1) is 0 Å². The van der Waals surface area contributed by atoms with Crippen LogP contribution in [0.4, 0.5) is 0 Å². The van der Waals surface area contributed by atoms with E-state index in [9.17, 15) is 0 Å². The Hall–Kier alpha value is -1.59. The molecule has 0 spiro atoms. The van der Waals surface area contributed by atoms with Crippen LogP contribution >= 0.6 is 15.9 Å². The van der Waals surface area contributed by atoms with Gasteiger partial charge in [-0.05, 0) is 48.1 Å². The fourth-order valence-electron chi connectivity index (χ4n) is 1.79. The molecule has 0 radical (unpaired) electrons. The second-order valence-corrected chi connectivity index (χ2v) is 5.22. The lowest BCUT2D eigenvalue weighted by Crippen LogP contribution is -2.07. The van der Waals surface area contributed by atoms with Crippen LogP contribution in [-0.4, -0.2) is 19.1 Å². The van der Waals surface area contributed by atoms with Crippen LogP contribution in [0.15, 0.2) is 34.9 Å². The van der Waals surface area contributed by atoms with Crippen LogP contribution in [0, 0.1) is 6.92 Å². The number of rotatable bonds is 5. The number of hydrogen-bond acceptors (Lipinski definition) is 4. The third kappa shape index (κ3) is 3.49. The van der Waals surface area contributed by atoms with Crippen LogP contribution < -0.4 is 14.8 Å². The zero-order valence-corrected chi connectivity index (χ0v) is 13.3. The molecule has 2 aromatic rings. The highest BCUT2D eigenvalue weighted by Crippen LogP contribution is 2.34. The van der Waals surface area contributed by atoms with Gasteiger partial charge in [0.05, 0.1) is 11.6 Å². The second-order valence-electron chi connectivity index (χ2n) is 4.36. The van der Waals surface area contributed by atoms with Gasteiger partial charge in [-0.1, -0.05) is 0 Å². The zero-order chi connectivity index (χ0) is 14.5. The van der Waals surface area contributed by atoms with Crippen LogP contribution in [0.5, 0.6) is 17.2 Å². The molecule has 5 heteroatoms. The number of benzene rings is 1. The Balaban J connectivity index is 2.31. The lowest BCUT2D eigenvalue weighted by molar-refractivity contribution is 0.412. The van der Waals surface area contributed by atoms with E-state index in [1.54, 1.807) is 7.11 Å². The number of halogens is 1. The Morgan fingerprint density at radius 2 is 2.05 bits per heavy atom. The maximum absolute atomic E-state index is 5.99. The van der Waals surface area contributed by atoms with Crippen LogP contribution in [0.3, 0.4) is 0 Å². The van der Waals surface area contributed by atoms with Crippen molar-refractivity contribution in [2.75, 3.05) is 14.2 Å². The molecular formula is C15H17BrN2O2. The minimum absolute atomic E-state index is 0.705. The number of pyridine rings is 1. The van der Waals surface area contributed by atoms with Gasteiger partial charge in [0, 0.05) is 30.1 Å². The first-order chi connectivity index (χ1) is 9.63. The van der Waals surface area contributed by atoms with Crippen molar-refractivity contribution in [3.05, 3.63) is 46.2 Å². The molecule has 1 heterocycles. The van der Waals surface area contributed by atoms with Crippen molar-refractivity contribution in [2.24, 2.45) is 0 Å². The molecule has 0 fully saturated rings. The molecule has 0 aliphatic rings. The Morgan fingerprint density at radius 3 is 2.70 bits per heavy atom. The predicted molar refractivity (Wildman–Crippen MR) is 82.5 cm³/mol. The molecule has 4 nitrogen and oxygen atoms in total. The molecule has 0 aliphatic heterocycles. The first-order valence-electron chi connectivity index (χ1n) is 6.25. The quantitative estimate of drug-likeness (QED) is 0.904.